The van der Waals surface area contributed by atoms with Crippen LogP contribution in [-0.4, -0.2) is 43.8 Å². The third-order valence-corrected chi connectivity index (χ3v) is 9.30. The van der Waals surface area contributed by atoms with Gasteiger partial charge < -0.3 is 10.2 Å². The summed E-state index contributed by atoms with van der Waals surface area (Å²) in [5, 5.41) is 3.44. The van der Waals surface area contributed by atoms with Crippen molar-refractivity contribution in [1.82, 2.24) is 10.2 Å². The molecule has 0 fully saturated rings. The molecule has 220 valence electrons. The van der Waals surface area contributed by atoms with E-state index in [0.29, 0.717) is 22.7 Å². The van der Waals surface area contributed by atoms with Gasteiger partial charge in [-0.25, -0.2) is 8.42 Å². The minimum atomic E-state index is -4.11. The van der Waals surface area contributed by atoms with Crippen molar-refractivity contribution < 1.29 is 18.0 Å². The van der Waals surface area contributed by atoms with Crippen LogP contribution in [0, 0.1) is 0 Å². The molecule has 7 nitrogen and oxygen atoms in total. The molecule has 9 heteroatoms. The molecule has 3 aromatic carbocycles. The van der Waals surface area contributed by atoms with Gasteiger partial charge in [0, 0.05) is 17.6 Å². The highest BCUT2D eigenvalue weighted by Crippen LogP contribution is 2.27. The van der Waals surface area contributed by atoms with Gasteiger partial charge in [-0.05, 0) is 67.1 Å². The van der Waals surface area contributed by atoms with E-state index in [2.05, 4.69) is 19.2 Å². The first-order valence-corrected chi connectivity index (χ1v) is 15.8. The second kappa shape index (κ2) is 14.5. The Bertz CT molecular complexity index is 1410. The zero-order chi connectivity index (χ0) is 30.2. The van der Waals surface area contributed by atoms with E-state index in [1.807, 2.05) is 39.0 Å². The molecule has 0 bridgehead atoms. The summed E-state index contributed by atoms with van der Waals surface area (Å²) in [5.41, 5.74) is 2.07. The Morgan fingerprint density at radius 3 is 2.02 bits per heavy atom. The predicted octanol–water partition coefficient (Wildman–Crippen LogP) is 6.38. The number of nitrogens with one attached hydrogen (secondary N) is 1. The number of carbonyl (C=O) groups excluding carboxylic acids is 2. The summed E-state index contributed by atoms with van der Waals surface area (Å²) in [6.45, 7) is 9.37. The molecule has 0 heterocycles. The Balaban J connectivity index is 2.07. The van der Waals surface area contributed by atoms with Crippen molar-refractivity contribution in [2.75, 3.05) is 10.8 Å². The average molecular weight is 598 g/mol. The maximum atomic E-state index is 14.2. The first kappa shape index (κ1) is 32.2. The molecular formula is C32H40ClN3O4S. The third-order valence-electron chi connectivity index (χ3n) is 7.14. The number of anilines is 1. The summed E-state index contributed by atoms with van der Waals surface area (Å²) in [6.07, 6.45) is 1.07. The number of nitrogens with zero attached hydrogens (tertiary/aromatic N) is 2. The Kier molecular flexibility index (Phi) is 11.4. The van der Waals surface area contributed by atoms with Gasteiger partial charge in [0.15, 0.2) is 0 Å². The Morgan fingerprint density at radius 1 is 0.854 bits per heavy atom. The van der Waals surface area contributed by atoms with E-state index in [1.165, 1.54) is 17.0 Å². The quantitative estimate of drug-likeness (QED) is 0.248. The Hall–Kier alpha value is -3.36. The fourth-order valence-corrected chi connectivity index (χ4v) is 6.08. The largest absolute Gasteiger partial charge is 0.352 e. The number of amides is 2. The van der Waals surface area contributed by atoms with E-state index < -0.39 is 28.5 Å². The minimum absolute atomic E-state index is 0.0520. The van der Waals surface area contributed by atoms with Crippen LogP contribution in [-0.2, 0) is 26.2 Å². The van der Waals surface area contributed by atoms with Crippen molar-refractivity contribution >= 4 is 39.1 Å². The third kappa shape index (κ3) is 8.11. The van der Waals surface area contributed by atoms with Crippen LogP contribution in [0.2, 0.25) is 5.02 Å². The highest BCUT2D eigenvalue weighted by atomic mass is 35.5. The predicted molar refractivity (Wildman–Crippen MR) is 165 cm³/mol. The van der Waals surface area contributed by atoms with Crippen molar-refractivity contribution in [2.24, 2.45) is 0 Å². The van der Waals surface area contributed by atoms with E-state index in [0.717, 1.165) is 16.3 Å². The smallest absolute Gasteiger partial charge is 0.264 e. The fraction of sp³-hybridized carbons (Fsp3) is 0.375. The first-order chi connectivity index (χ1) is 19.5. The van der Waals surface area contributed by atoms with Gasteiger partial charge in [0.25, 0.3) is 10.0 Å². The molecule has 0 radical (unpaired) electrons. The summed E-state index contributed by atoms with van der Waals surface area (Å²) < 4.78 is 29.0. The topological polar surface area (TPSA) is 86.8 Å². The SMILES string of the molecule is CC[C@H](C)NC(=O)[C@H](CC)N(Cc1ccccc1Cl)C(=O)CN(c1ccc(C(C)C)cc1)S(=O)(=O)c1ccccc1. The van der Waals surface area contributed by atoms with Crippen LogP contribution in [0.1, 0.15) is 64.5 Å². The molecule has 2 amide bonds. The van der Waals surface area contributed by atoms with Gasteiger partial charge in [0.1, 0.15) is 12.6 Å². The second-order valence-corrected chi connectivity index (χ2v) is 12.7. The van der Waals surface area contributed by atoms with Gasteiger partial charge in [0.05, 0.1) is 10.6 Å². The van der Waals surface area contributed by atoms with Crippen molar-refractivity contribution in [3.8, 4) is 0 Å². The summed E-state index contributed by atoms with van der Waals surface area (Å²) in [4.78, 5) is 29.0. The lowest BCUT2D eigenvalue weighted by Gasteiger charge is -2.34. The molecule has 0 spiro atoms. The molecule has 0 aliphatic heterocycles. The zero-order valence-corrected chi connectivity index (χ0v) is 26.0. The molecule has 2 atom stereocenters. The average Bonchev–Trinajstić information content (AvgIpc) is 2.97. The molecule has 0 unspecified atom stereocenters. The van der Waals surface area contributed by atoms with Gasteiger partial charge in [-0.15, -0.1) is 0 Å². The van der Waals surface area contributed by atoms with E-state index in [-0.39, 0.29) is 29.3 Å². The van der Waals surface area contributed by atoms with Crippen LogP contribution in [0.25, 0.3) is 0 Å². The number of sulfonamides is 1. The van der Waals surface area contributed by atoms with Crippen molar-refractivity contribution in [3.63, 3.8) is 0 Å². The highest BCUT2D eigenvalue weighted by molar-refractivity contribution is 7.92. The van der Waals surface area contributed by atoms with Gasteiger partial charge in [0.2, 0.25) is 11.8 Å². The number of carbonyl (C=O) groups is 2. The van der Waals surface area contributed by atoms with Crippen LogP contribution < -0.4 is 9.62 Å². The zero-order valence-electron chi connectivity index (χ0n) is 24.4. The maximum Gasteiger partial charge on any atom is 0.264 e. The molecular weight excluding hydrogens is 558 g/mol. The molecule has 1 N–H and O–H groups in total. The van der Waals surface area contributed by atoms with E-state index in [9.17, 15) is 18.0 Å². The van der Waals surface area contributed by atoms with E-state index in [1.54, 1.807) is 48.5 Å². The minimum Gasteiger partial charge on any atom is -0.352 e. The Labute approximate surface area is 249 Å². The summed E-state index contributed by atoms with van der Waals surface area (Å²) in [5.74, 6) is -0.546. The first-order valence-electron chi connectivity index (χ1n) is 14.0. The molecule has 41 heavy (non-hydrogen) atoms. The lowest BCUT2D eigenvalue weighted by Crippen LogP contribution is -2.53. The van der Waals surface area contributed by atoms with Crippen LogP contribution in [0.15, 0.2) is 83.8 Å². The van der Waals surface area contributed by atoms with Crippen molar-refractivity contribution in [3.05, 3.63) is 95.0 Å². The summed E-state index contributed by atoms with van der Waals surface area (Å²) in [7, 11) is -4.11. The fourth-order valence-electron chi connectivity index (χ4n) is 4.44. The molecule has 0 aromatic heterocycles. The van der Waals surface area contributed by atoms with Gasteiger partial charge in [-0.3, -0.25) is 13.9 Å². The van der Waals surface area contributed by atoms with E-state index >= 15 is 0 Å². The lowest BCUT2D eigenvalue weighted by molar-refractivity contribution is -0.140. The Morgan fingerprint density at radius 2 is 1.46 bits per heavy atom. The molecule has 0 aliphatic rings. The maximum absolute atomic E-state index is 14.2. The van der Waals surface area contributed by atoms with Crippen molar-refractivity contribution in [2.45, 2.75) is 76.9 Å². The van der Waals surface area contributed by atoms with Crippen molar-refractivity contribution in [1.29, 1.82) is 0 Å². The number of rotatable bonds is 13. The van der Waals surface area contributed by atoms with Crippen LogP contribution in [0.4, 0.5) is 5.69 Å². The highest BCUT2D eigenvalue weighted by Gasteiger charge is 2.34. The number of halogens is 1. The van der Waals surface area contributed by atoms with Gasteiger partial charge in [-0.1, -0.05) is 87.8 Å². The molecule has 0 saturated heterocycles. The van der Waals surface area contributed by atoms with Crippen LogP contribution in [0.3, 0.4) is 0 Å². The number of hydrogen-bond acceptors (Lipinski definition) is 4. The second-order valence-electron chi connectivity index (χ2n) is 10.4. The lowest BCUT2D eigenvalue weighted by atomic mass is 10.0. The normalized spacial score (nSPS) is 13.0. The molecule has 3 rings (SSSR count). The standard InChI is InChI=1S/C32H40ClN3O4S/c1-6-24(5)34-32(38)30(7-2)35(21-26-13-11-12-16-29(26)33)31(37)22-36(27-19-17-25(18-20-27)23(3)4)41(39,40)28-14-9-8-10-15-28/h8-20,23-24,30H,6-7,21-22H2,1-5H3,(H,34,38)/t24-,30-/m0/s1. The molecule has 0 aliphatic carbocycles. The summed E-state index contributed by atoms with van der Waals surface area (Å²) in [6, 6.07) is 21.4. The molecule has 0 saturated carbocycles. The van der Waals surface area contributed by atoms with Gasteiger partial charge in [-0.2, -0.15) is 0 Å². The van der Waals surface area contributed by atoms with E-state index in [4.69, 9.17) is 11.6 Å². The summed E-state index contributed by atoms with van der Waals surface area (Å²) >= 11 is 6.46. The number of benzene rings is 3. The number of hydrogen-bond donors (Lipinski definition) is 1. The van der Waals surface area contributed by atoms with Gasteiger partial charge >= 0.3 is 0 Å². The van der Waals surface area contributed by atoms with Crippen LogP contribution in [0.5, 0.6) is 0 Å². The molecule has 3 aromatic rings. The monoisotopic (exact) mass is 597 g/mol. The van der Waals surface area contributed by atoms with Crippen LogP contribution >= 0.6 is 11.6 Å².